The van der Waals surface area contributed by atoms with Gasteiger partial charge in [0.25, 0.3) is 0 Å². The number of β-amino-alcohol motifs (C(OH)–C–C–N with tert-alkyl or cyclic N) is 1. The molecule has 3 unspecified atom stereocenters. The van der Waals surface area contributed by atoms with Crippen LogP contribution in [-0.4, -0.2) is 45.9 Å². The highest BCUT2D eigenvalue weighted by Crippen LogP contribution is 2.28. The van der Waals surface area contributed by atoms with Crippen LogP contribution in [0.1, 0.15) is 51.9 Å². The molecule has 2 rings (SSSR count). The first-order valence-electron chi connectivity index (χ1n) is 6.73. The molecule has 1 saturated carbocycles. The molecule has 94 valence electrons. The fourth-order valence-electron chi connectivity index (χ4n) is 3.24. The van der Waals surface area contributed by atoms with Crippen LogP contribution < -0.4 is 0 Å². The van der Waals surface area contributed by atoms with Gasteiger partial charge in [-0.3, -0.25) is 4.90 Å². The highest BCUT2D eigenvalue weighted by Gasteiger charge is 2.35. The maximum atomic E-state index is 10.1. The number of nitrogens with zero attached hydrogens (tertiary/aromatic N) is 1. The molecule has 3 nitrogen and oxygen atoms in total. The van der Waals surface area contributed by atoms with Gasteiger partial charge in [-0.1, -0.05) is 19.3 Å². The van der Waals surface area contributed by atoms with Crippen LogP contribution in [0.4, 0.5) is 0 Å². The molecule has 1 heterocycles. The standard InChI is InChI=1S/C13H25NO2/c1-13(16)8-5-9-14(10-13)11-6-3-2-4-7-12(11)15/h11-12,15-16H,2-10H2,1H3. The van der Waals surface area contributed by atoms with E-state index in [-0.39, 0.29) is 12.1 Å². The average molecular weight is 227 g/mol. The van der Waals surface area contributed by atoms with Gasteiger partial charge in [0.05, 0.1) is 11.7 Å². The molecule has 0 aromatic rings. The van der Waals surface area contributed by atoms with Gasteiger partial charge in [0.1, 0.15) is 0 Å². The minimum absolute atomic E-state index is 0.184. The maximum Gasteiger partial charge on any atom is 0.0746 e. The van der Waals surface area contributed by atoms with E-state index in [4.69, 9.17) is 0 Å². The normalized spacial score (nSPS) is 42.9. The highest BCUT2D eigenvalue weighted by atomic mass is 16.3. The second-order valence-corrected chi connectivity index (χ2v) is 5.84. The Balaban J connectivity index is 1.98. The molecule has 2 aliphatic rings. The predicted octanol–water partition coefficient (Wildman–Crippen LogP) is 1.53. The number of hydrogen-bond acceptors (Lipinski definition) is 3. The Labute approximate surface area is 98.5 Å². The highest BCUT2D eigenvalue weighted by molar-refractivity contribution is 4.89. The minimum Gasteiger partial charge on any atom is -0.391 e. The molecular formula is C13H25NO2. The Morgan fingerprint density at radius 1 is 1.12 bits per heavy atom. The van der Waals surface area contributed by atoms with Gasteiger partial charge in [-0.25, -0.2) is 0 Å². The van der Waals surface area contributed by atoms with E-state index in [1.807, 2.05) is 6.92 Å². The fraction of sp³-hybridized carbons (Fsp3) is 1.00. The minimum atomic E-state index is -0.551. The Hall–Kier alpha value is -0.120. The Morgan fingerprint density at radius 2 is 1.88 bits per heavy atom. The van der Waals surface area contributed by atoms with E-state index in [0.717, 1.165) is 45.2 Å². The first-order chi connectivity index (χ1) is 7.58. The molecule has 3 heteroatoms. The third kappa shape index (κ3) is 2.96. The van der Waals surface area contributed by atoms with Crippen molar-refractivity contribution in [1.29, 1.82) is 0 Å². The SMILES string of the molecule is CC1(O)CCCN(C2CCCCCC2O)C1. The molecule has 3 atom stereocenters. The van der Waals surface area contributed by atoms with Crippen molar-refractivity contribution in [2.45, 2.75) is 69.6 Å². The van der Waals surface area contributed by atoms with Crippen LogP contribution in [0.15, 0.2) is 0 Å². The summed E-state index contributed by atoms with van der Waals surface area (Å²) in [5.74, 6) is 0. The molecular weight excluding hydrogens is 202 g/mol. The fourth-order valence-corrected chi connectivity index (χ4v) is 3.24. The summed E-state index contributed by atoms with van der Waals surface area (Å²) in [6, 6.07) is 0.286. The van der Waals surface area contributed by atoms with Crippen molar-refractivity contribution in [1.82, 2.24) is 4.90 Å². The maximum absolute atomic E-state index is 10.1. The van der Waals surface area contributed by atoms with Gasteiger partial charge in [0.2, 0.25) is 0 Å². The van der Waals surface area contributed by atoms with Gasteiger partial charge in [-0.2, -0.15) is 0 Å². The summed E-state index contributed by atoms with van der Waals surface area (Å²) in [4.78, 5) is 2.32. The molecule has 2 fully saturated rings. The van der Waals surface area contributed by atoms with Crippen molar-refractivity contribution in [3.63, 3.8) is 0 Å². The molecule has 0 aromatic heterocycles. The monoisotopic (exact) mass is 227 g/mol. The average Bonchev–Trinajstić information content (AvgIpc) is 2.41. The second-order valence-electron chi connectivity index (χ2n) is 5.84. The largest absolute Gasteiger partial charge is 0.391 e. The Kier molecular flexibility index (Phi) is 3.88. The quantitative estimate of drug-likeness (QED) is 0.668. The third-order valence-electron chi connectivity index (χ3n) is 4.12. The lowest BCUT2D eigenvalue weighted by atomic mass is 9.92. The summed E-state index contributed by atoms with van der Waals surface area (Å²) in [6.45, 7) is 3.69. The van der Waals surface area contributed by atoms with E-state index in [9.17, 15) is 10.2 Å². The lowest BCUT2D eigenvalue weighted by molar-refractivity contribution is -0.0541. The van der Waals surface area contributed by atoms with Crippen molar-refractivity contribution in [3.8, 4) is 0 Å². The van der Waals surface area contributed by atoms with Crippen LogP contribution in [0, 0.1) is 0 Å². The van der Waals surface area contributed by atoms with E-state index >= 15 is 0 Å². The van der Waals surface area contributed by atoms with Crippen LogP contribution in [0.2, 0.25) is 0 Å². The molecule has 0 spiro atoms. The van der Waals surface area contributed by atoms with Crippen LogP contribution >= 0.6 is 0 Å². The molecule has 0 aromatic carbocycles. The molecule has 0 radical (unpaired) electrons. The zero-order valence-electron chi connectivity index (χ0n) is 10.4. The number of piperidine rings is 1. The topological polar surface area (TPSA) is 43.7 Å². The number of aliphatic hydroxyl groups is 2. The van der Waals surface area contributed by atoms with Gasteiger partial charge in [-0.05, 0) is 39.2 Å². The predicted molar refractivity (Wildman–Crippen MR) is 64.3 cm³/mol. The van der Waals surface area contributed by atoms with Gasteiger partial charge in [0.15, 0.2) is 0 Å². The van der Waals surface area contributed by atoms with E-state index in [2.05, 4.69) is 4.90 Å². The van der Waals surface area contributed by atoms with Crippen LogP contribution in [-0.2, 0) is 0 Å². The summed E-state index contributed by atoms with van der Waals surface area (Å²) in [5, 5.41) is 20.3. The summed E-state index contributed by atoms with van der Waals surface area (Å²) >= 11 is 0. The summed E-state index contributed by atoms with van der Waals surface area (Å²) in [5.41, 5.74) is -0.551. The third-order valence-corrected chi connectivity index (χ3v) is 4.12. The van der Waals surface area contributed by atoms with Gasteiger partial charge in [0, 0.05) is 12.6 Å². The zero-order chi connectivity index (χ0) is 11.6. The molecule has 0 amide bonds. The Bertz CT molecular complexity index is 230. The smallest absolute Gasteiger partial charge is 0.0746 e. The first-order valence-corrected chi connectivity index (χ1v) is 6.73. The van der Waals surface area contributed by atoms with Crippen molar-refractivity contribution < 1.29 is 10.2 Å². The van der Waals surface area contributed by atoms with E-state index in [0.29, 0.717) is 0 Å². The lowest BCUT2D eigenvalue weighted by Gasteiger charge is -2.42. The molecule has 1 saturated heterocycles. The van der Waals surface area contributed by atoms with E-state index < -0.39 is 5.60 Å². The molecule has 1 aliphatic heterocycles. The van der Waals surface area contributed by atoms with Crippen molar-refractivity contribution in [3.05, 3.63) is 0 Å². The summed E-state index contributed by atoms with van der Waals surface area (Å²) < 4.78 is 0. The van der Waals surface area contributed by atoms with E-state index in [1.165, 1.54) is 12.8 Å². The Morgan fingerprint density at radius 3 is 2.62 bits per heavy atom. The van der Waals surface area contributed by atoms with Gasteiger partial charge < -0.3 is 10.2 Å². The van der Waals surface area contributed by atoms with Crippen LogP contribution in [0.3, 0.4) is 0 Å². The number of aliphatic hydroxyl groups excluding tert-OH is 1. The van der Waals surface area contributed by atoms with Gasteiger partial charge >= 0.3 is 0 Å². The first kappa shape index (κ1) is 12.3. The number of likely N-dealkylation sites (tertiary alicyclic amines) is 1. The zero-order valence-corrected chi connectivity index (χ0v) is 10.4. The number of rotatable bonds is 1. The lowest BCUT2D eigenvalue weighted by Crippen LogP contribution is -2.53. The van der Waals surface area contributed by atoms with Crippen molar-refractivity contribution in [2.24, 2.45) is 0 Å². The summed E-state index contributed by atoms with van der Waals surface area (Å²) in [6.07, 6.45) is 7.42. The van der Waals surface area contributed by atoms with Crippen molar-refractivity contribution >= 4 is 0 Å². The van der Waals surface area contributed by atoms with Crippen LogP contribution in [0.5, 0.6) is 0 Å². The van der Waals surface area contributed by atoms with Gasteiger partial charge in [-0.15, -0.1) is 0 Å². The van der Waals surface area contributed by atoms with E-state index in [1.54, 1.807) is 0 Å². The molecule has 1 aliphatic carbocycles. The molecule has 2 N–H and O–H groups in total. The van der Waals surface area contributed by atoms with Crippen molar-refractivity contribution in [2.75, 3.05) is 13.1 Å². The number of hydrogen-bond donors (Lipinski definition) is 2. The summed E-state index contributed by atoms with van der Waals surface area (Å²) in [7, 11) is 0. The second kappa shape index (κ2) is 5.03. The molecule has 16 heavy (non-hydrogen) atoms. The van der Waals surface area contributed by atoms with Crippen LogP contribution in [0.25, 0.3) is 0 Å². The molecule has 0 bridgehead atoms.